The predicted octanol–water partition coefficient (Wildman–Crippen LogP) is 6.06. The molecule has 4 N–H and O–H groups in total. The van der Waals surface area contributed by atoms with Gasteiger partial charge >= 0.3 is 6.36 Å². The van der Waals surface area contributed by atoms with Crippen LogP contribution in [0.4, 0.5) is 19.0 Å². The molecule has 3 fully saturated rings. The second kappa shape index (κ2) is 11.1. The second-order valence-electron chi connectivity index (χ2n) is 13.6. The van der Waals surface area contributed by atoms with E-state index >= 15 is 0 Å². The molecule has 1 aromatic carbocycles. The molecule has 242 valence electrons. The summed E-state index contributed by atoms with van der Waals surface area (Å²) in [6.45, 7) is 9.34. The first kappa shape index (κ1) is 30.2. The number of ether oxygens (including phenoxy) is 3. The Morgan fingerprint density at radius 3 is 2.62 bits per heavy atom. The first-order chi connectivity index (χ1) is 21.3. The lowest BCUT2D eigenvalue weighted by Gasteiger charge is -2.46. The van der Waals surface area contributed by atoms with E-state index in [4.69, 9.17) is 25.2 Å². The van der Waals surface area contributed by atoms with E-state index < -0.39 is 12.1 Å². The van der Waals surface area contributed by atoms with E-state index in [2.05, 4.69) is 38.4 Å². The highest BCUT2D eigenvalue weighted by molar-refractivity contribution is 5.85. The number of H-pyrrole nitrogens is 2. The normalized spacial score (nSPS) is 27.9. The summed E-state index contributed by atoms with van der Waals surface area (Å²) < 4.78 is 54.8. The molecule has 0 unspecified atom stereocenters. The van der Waals surface area contributed by atoms with Crippen LogP contribution in [-0.4, -0.2) is 72.8 Å². The molecule has 4 atom stereocenters. The molecule has 4 aromatic rings. The largest absolute Gasteiger partial charge is 0.573 e. The Hall–Kier alpha value is -3.42. The number of imidazole rings is 1. The van der Waals surface area contributed by atoms with Crippen LogP contribution in [0.2, 0.25) is 0 Å². The van der Waals surface area contributed by atoms with Crippen LogP contribution in [0.15, 0.2) is 30.5 Å². The molecule has 45 heavy (non-hydrogen) atoms. The predicted molar refractivity (Wildman–Crippen MR) is 162 cm³/mol. The molecule has 2 saturated carbocycles. The van der Waals surface area contributed by atoms with Gasteiger partial charge in [-0.1, -0.05) is 0 Å². The second-order valence-corrected chi connectivity index (χ2v) is 13.6. The standard InChI is InChI=1S/C32H40F3N7O3/c1-16(2)42(19-11-17(12-19)5-8-25-38-23-7-6-20(14-24(23)39-25)43-32(33,34)35)15-18-13-22(27-26(18)44-31(3,4)45-27)30-40-28(36)21-9-10-37-29(21)41-30/h6-7,9-10,14,16-19,22,26-27H,5,8,11-13,15H2,1-4H3,(H,38,39)(H3,36,37,40,41)/t17?,18-,19?,22+,26-,27+/m1/s1. The third kappa shape index (κ3) is 6.09. The summed E-state index contributed by atoms with van der Waals surface area (Å²) in [5.41, 5.74) is 8.21. The summed E-state index contributed by atoms with van der Waals surface area (Å²) in [6, 6.07) is 6.92. The van der Waals surface area contributed by atoms with Crippen molar-refractivity contribution in [2.24, 2.45) is 11.8 Å². The average Bonchev–Trinajstić information content (AvgIpc) is 3.68. The van der Waals surface area contributed by atoms with Gasteiger partial charge in [0.15, 0.2) is 5.79 Å². The van der Waals surface area contributed by atoms with Crippen molar-refractivity contribution in [3.63, 3.8) is 0 Å². The molecule has 13 heteroatoms. The Morgan fingerprint density at radius 2 is 1.87 bits per heavy atom. The minimum absolute atomic E-state index is 0.0140. The third-order valence-electron chi connectivity index (χ3n) is 9.69. The number of aryl methyl sites for hydroxylation is 1. The summed E-state index contributed by atoms with van der Waals surface area (Å²) in [5.74, 6) is 1.83. The smallest absolute Gasteiger partial charge is 0.406 e. The van der Waals surface area contributed by atoms with Gasteiger partial charge in [0.2, 0.25) is 0 Å². The SMILES string of the molecule is CC(C)N(C[C@H]1C[C@H](c2nc(N)c3cc[nH]c3n2)[C@@H]2OC(C)(C)O[C@H]12)C1CC(CCc2nc3ccc(OC(F)(F)F)cc3[nH]2)C1. The number of fused-ring (bicyclic) bond motifs is 3. The summed E-state index contributed by atoms with van der Waals surface area (Å²) in [4.78, 5) is 23.1. The number of hydrogen-bond donors (Lipinski definition) is 3. The highest BCUT2D eigenvalue weighted by atomic mass is 19.4. The van der Waals surface area contributed by atoms with Gasteiger partial charge in [0.25, 0.3) is 0 Å². The number of halogens is 3. The van der Waals surface area contributed by atoms with Crippen molar-refractivity contribution in [3.8, 4) is 5.75 Å². The van der Waals surface area contributed by atoms with E-state index in [9.17, 15) is 13.2 Å². The number of rotatable bonds is 9. The topological polar surface area (TPSA) is 127 Å². The molecule has 1 saturated heterocycles. The lowest BCUT2D eigenvalue weighted by Crippen LogP contribution is -2.51. The quantitative estimate of drug-likeness (QED) is 0.204. The third-order valence-corrected chi connectivity index (χ3v) is 9.69. The van der Waals surface area contributed by atoms with Crippen LogP contribution in [0.5, 0.6) is 5.75 Å². The van der Waals surface area contributed by atoms with Gasteiger partial charge in [-0.05, 0) is 77.5 Å². The van der Waals surface area contributed by atoms with Crippen molar-refractivity contribution in [2.75, 3.05) is 12.3 Å². The number of nitrogens with one attached hydrogen (secondary N) is 2. The fourth-order valence-corrected chi connectivity index (χ4v) is 7.62. The lowest BCUT2D eigenvalue weighted by molar-refractivity contribution is -0.274. The van der Waals surface area contributed by atoms with Gasteiger partial charge in [-0.3, -0.25) is 4.90 Å². The van der Waals surface area contributed by atoms with E-state index in [0.717, 1.165) is 55.5 Å². The summed E-state index contributed by atoms with van der Waals surface area (Å²) in [7, 11) is 0. The van der Waals surface area contributed by atoms with Crippen LogP contribution in [0.25, 0.3) is 22.1 Å². The zero-order valence-corrected chi connectivity index (χ0v) is 25.9. The Labute approximate surface area is 259 Å². The molecular weight excluding hydrogens is 587 g/mol. The van der Waals surface area contributed by atoms with Crippen molar-refractivity contribution < 1.29 is 27.4 Å². The summed E-state index contributed by atoms with van der Waals surface area (Å²) in [6.07, 6.45) is 1.67. The Kier molecular flexibility index (Phi) is 7.48. The molecule has 0 amide bonds. The van der Waals surface area contributed by atoms with Gasteiger partial charge in [-0.2, -0.15) is 0 Å². The van der Waals surface area contributed by atoms with E-state index in [1.54, 1.807) is 6.07 Å². The summed E-state index contributed by atoms with van der Waals surface area (Å²) in [5, 5.41) is 0.823. The molecule has 3 aromatic heterocycles. The zero-order chi connectivity index (χ0) is 31.7. The van der Waals surface area contributed by atoms with Gasteiger partial charge < -0.3 is 29.9 Å². The van der Waals surface area contributed by atoms with Crippen molar-refractivity contribution in [1.29, 1.82) is 0 Å². The van der Waals surface area contributed by atoms with Crippen molar-refractivity contribution >= 4 is 27.9 Å². The number of alkyl halides is 3. The fourth-order valence-electron chi connectivity index (χ4n) is 7.62. The van der Waals surface area contributed by atoms with E-state index in [1.807, 2.05) is 26.1 Å². The first-order valence-electron chi connectivity index (χ1n) is 15.8. The van der Waals surface area contributed by atoms with Crippen LogP contribution in [0, 0.1) is 11.8 Å². The van der Waals surface area contributed by atoms with Gasteiger partial charge in [0.1, 0.15) is 28.9 Å². The van der Waals surface area contributed by atoms with Gasteiger partial charge in [0.05, 0.1) is 28.6 Å². The average molecular weight is 628 g/mol. The minimum atomic E-state index is -4.72. The van der Waals surface area contributed by atoms with E-state index in [0.29, 0.717) is 40.7 Å². The number of nitrogen functional groups attached to an aromatic ring is 1. The number of nitrogens with zero attached hydrogens (tertiary/aromatic N) is 4. The van der Waals surface area contributed by atoms with Gasteiger partial charge in [0, 0.05) is 49.1 Å². The molecule has 0 bridgehead atoms. The molecular formula is C32H40F3N7O3. The maximum atomic E-state index is 12.6. The summed E-state index contributed by atoms with van der Waals surface area (Å²) >= 11 is 0. The van der Waals surface area contributed by atoms with Gasteiger partial charge in [-0.25, -0.2) is 15.0 Å². The van der Waals surface area contributed by atoms with Crippen LogP contribution in [0.3, 0.4) is 0 Å². The fraction of sp³-hybridized carbons (Fsp3) is 0.594. The van der Waals surface area contributed by atoms with Crippen LogP contribution in [-0.2, 0) is 15.9 Å². The number of hydrogen-bond acceptors (Lipinski definition) is 8. The maximum absolute atomic E-state index is 12.6. The molecule has 1 aliphatic heterocycles. The monoisotopic (exact) mass is 627 g/mol. The highest BCUT2D eigenvalue weighted by Gasteiger charge is 2.56. The molecule has 10 nitrogen and oxygen atoms in total. The van der Waals surface area contributed by atoms with Crippen molar-refractivity contribution in [1.82, 2.24) is 29.8 Å². The van der Waals surface area contributed by atoms with Crippen molar-refractivity contribution in [3.05, 3.63) is 42.1 Å². The molecule has 0 radical (unpaired) electrons. The Balaban J connectivity index is 0.987. The molecule has 2 aliphatic carbocycles. The minimum Gasteiger partial charge on any atom is -0.406 e. The number of aromatic nitrogens is 5. The Morgan fingerprint density at radius 1 is 1.09 bits per heavy atom. The number of nitrogens with two attached hydrogens (primary N) is 1. The van der Waals surface area contributed by atoms with Gasteiger partial charge in [-0.15, -0.1) is 13.2 Å². The Bertz CT molecular complexity index is 1680. The lowest BCUT2D eigenvalue weighted by atomic mass is 9.76. The molecule has 4 heterocycles. The molecule has 3 aliphatic rings. The molecule has 7 rings (SSSR count). The number of anilines is 1. The van der Waals surface area contributed by atoms with Crippen LogP contribution < -0.4 is 10.5 Å². The van der Waals surface area contributed by atoms with Crippen LogP contribution >= 0.6 is 0 Å². The molecule has 0 spiro atoms. The van der Waals surface area contributed by atoms with E-state index in [-0.39, 0.29) is 29.8 Å². The number of aromatic amines is 2. The van der Waals surface area contributed by atoms with E-state index in [1.165, 1.54) is 12.1 Å². The highest BCUT2D eigenvalue weighted by Crippen LogP contribution is 2.49. The maximum Gasteiger partial charge on any atom is 0.573 e. The first-order valence-corrected chi connectivity index (χ1v) is 15.8. The zero-order valence-electron chi connectivity index (χ0n) is 25.9. The van der Waals surface area contributed by atoms with Crippen LogP contribution in [0.1, 0.15) is 70.9 Å². The number of benzene rings is 1. The van der Waals surface area contributed by atoms with Crippen molar-refractivity contribution in [2.45, 2.75) is 102 Å².